The number of hydrogen-bond acceptors (Lipinski definition) is 1. The molecule has 24 heavy (non-hydrogen) atoms. The molecule has 0 aromatic heterocycles. The van der Waals surface area contributed by atoms with Crippen molar-refractivity contribution in [3.8, 4) is 5.75 Å². The molecule has 3 rings (SSSR count). The highest BCUT2D eigenvalue weighted by atomic mass is 16.3. The summed E-state index contributed by atoms with van der Waals surface area (Å²) in [4.78, 5) is 0. The number of benzene rings is 2. The molecule has 2 aromatic rings. The molecule has 0 saturated carbocycles. The van der Waals surface area contributed by atoms with E-state index in [0.29, 0.717) is 5.75 Å². The van der Waals surface area contributed by atoms with Gasteiger partial charge in [0.15, 0.2) is 0 Å². The molecule has 0 amide bonds. The van der Waals surface area contributed by atoms with Crippen LogP contribution in [0.25, 0.3) is 12.2 Å². The minimum atomic E-state index is -0.0917. The van der Waals surface area contributed by atoms with Crippen LogP contribution >= 0.6 is 0 Å². The number of phenols is 1. The highest BCUT2D eigenvalue weighted by molar-refractivity contribution is 5.65. The summed E-state index contributed by atoms with van der Waals surface area (Å²) in [6, 6.07) is 12.8. The second-order valence-electron chi connectivity index (χ2n) is 8.95. The van der Waals surface area contributed by atoms with Crippen LogP contribution in [0.1, 0.15) is 64.2 Å². The molecular weight excluding hydrogens is 292 g/mol. The minimum absolute atomic E-state index is 0.0495. The quantitative estimate of drug-likeness (QED) is 0.828. The number of fused-ring (bicyclic) bond motifs is 1. The molecule has 1 aliphatic rings. The van der Waals surface area contributed by atoms with E-state index in [2.05, 4.69) is 90.1 Å². The van der Waals surface area contributed by atoms with Gasteiger partial charge in [0.2, 0.25) is 0 Å². The summed E-state index contributed by atoms with van der Waals surface area (Å²) >= 11 is 0. The van der Waals surface area contributed by atoms with E-state index in [1.807, 2.05) is 0 Å². The molecule has 126 valence electrons. The van der Waals surface area contributed by atoms with Gasteiger partial charge in [-0.25, -0.2) is 0 Å². The summed E-state index contributed by atoms with van der Waals surface area (Å²) in [5, 5.41) is 13.5. The second kappa shape index (κ2) is 5.51. The second-order valence-corrected chi connectivity index (χ2v) is 8.95. The summed E-state index contributed by atoms with van der Waals surface area (Å²) in [6.07, 6.45) is 4.51. The molecule has 1 nitrogen and oxygen atoms in total. The van der Waals surface area contributed by atoms with Crippen molar-refractivity contribution in [3.05, 3.63) is 63.5 Å². The van der Waals surface area contributed by atoms with E-state index in [1.54, 1.807) is 0 Å². The van der Waals surface area contributed by atoms with Crippen LogP contribution in [0.5, 0.6) is 5.75 Å². The Bertz CT molecular complexity index is 854. The molecule has 0 heterocycles. The van der Waals surface area contributed by atoms with Crippen LogP contribution in [-0.2, 0) is 10.8 Å². The van der Waals surface area contributed by atoms with Gasteiger partial charge in [-0.15, -0.1) is 0 Å². The van der Waals surface area contributed by atoms with E-state index >= 15 is 0 Å². The van der Waals surface area contributed by atoms with Gasteiger partial charge in [0.25, 0.3) is 0 Å². The Kier molecular flexibility index (Phi) is 3.86. The van der Waals surface area contributed by atoms with Crippen molar-refractivity contribution >= 4 is 12.2 Å². The van der Waals surface area contributed by atoms with Crippen LogP contribution in [0.3, 0.4) is 0 Å². The zero-order chi connectivity index (χ0) is 17.7. The maximum atomic E-state index is 11.0. The summed E-state index contributed by atoms with van der Waals surface area (Å²) in [5.74, 6) is 0.576. The molecule has 1 N–H and O–H groups in total. The third-order valence-electron chi connectivity index (χ3n) is 4.89. The average molecular weight is 320 g/mol. The molecule has 0 radical (unpaired) electrons. The molecule has 0 spiro atoms. The van der Waals surface area contributed by atoms with Gasteiger partial charge in [-0.1, -0.05) is 90.1 Å². The molecule has 0 atom stereocenters. The first kappa shape index (κ1) is 16.8. The molecule has 1 heteroatoms. The Balaban J connectivity index is 2.23. The van der Waals surface area contributed by atoms with Gasteiger partial charge >= 0.3 is 0 Å². The lowest BCUT2D eigenvalue weighted by atomic mass is 9.77. The van der Waals surface area contributed by atoms with Crippen molar-refractivity contribution in [2.24, 2.45) is 0 Å². The van der Waals surface area contributed by atoms with Crippen LogP contribution in [-0.4, -0.2) is 5.11 Å². The number of hydrogen-bond donors (Lipinski definition) is 1. The average Bonchev–Trinajstić information content (AvgIpc) is 2.88. The van der Waals surface area contributed by atoms with Crippen molar-refractivity contribution in [1.82, 2.24) is 0 Å². The maximum absolute atomic E-state index is 11.0. The Labute approximate surface area is 145 Å². The van der Waals surface area contributed by atoms with Crippen LogP contribution in [0.2, 0.25) is 0 Å². The fraction of sp³-hybridized carbons (Fsp3) is 0.391. The molecule has 1 aliphatic carbocycles. The van der Waals surface area contributed by atoms with E-state index in [9.17, 15) is 5.11 Å². The number of rotatable bonds is 1. The zero-order valence-corrected chi connectivity index (χ0v) is 15.6. The third kappa shape index (κ3) is 3.00. The highest BCUT2D eigenvalue weighted by Gasteiger charge is 2.27. The van der Waals surface area contributed by atoms with Crippen LogP contribution in [0.15, 0.2) is 36.4 Å². The predicted molar refractivity (Wildman–Crippen MR) is 103 cm³/mol. The summed E-state index contributed by atoms with van der Waals surface area (Å²) in [6.45, 7) is 13.2. The van der Waals surface area contributed by atoms with Crippen molar-refractivity contribution in [2.45, 2.75) is 58.3 Å². The first-order chi connectivity index (χ1) is 11.1. The molecule has 0 fully saturated rings. The Morgan fingerprint density at radius 3 is 1.79 bits per heavy atom. The number of phenolic OH excluding ortho intramolecular Hbond substituents is 1. The largest absolute Gasteiger partial charge is 0.507 e. The fourth-order valence-electron chi connectivity index (χ4n) is 3.34. The predicted octanol–water partition coefficient (Wildman–Crippen LogP) is 4.35. The van der Waals surface area contributed by atoms with Crippen LogP contribution in [0.4, 0.5) is 0 Å². The van der Waals surface area contributed by atoms with Crippen molar-refractivity contribution < 1.29 is 5.11 Å². The van der Waals surface area contributed by atoms with E-state index in [4.69, 9.17) is 0 Å². The molecule has 2 aromatic carbocycles. The lowest BCUT2D eigenvalue weighted by molar-refractivity contribution is 0.439. The molecule has 0 bridgehead atoms. The SMILES string of the molecule is CC(C)(C)c1cc(C2C=c3ccccc3=C2)c(O)c(C(C)(C)C)c1. The van der Waals surface area contributed by atoms with Gasteiger partial charge in [0.1, 0.15) is 5.75 Å². The van der Waals surface area contributed by atoms with Crippen molar-refractivity contribution in [3.63, 3.8) is 0 Å². The zero-order valence-electron chi connectivity index (χ0n) is 15.6. The third-order valence-corrected chi connectivity index (χ3v) is 4.89. The Hall–Kier alpha value is -2.02. The van der Waals surface area contributed by atoms with E-state index in [-0.39, 0.29) is 16.7 Å². The lowest BCUT2D eigenvalue weighted by Crippen LogP contribution is -2.19. The van der Waals surface area contributed by atoms with Gasteiger partial charge in [-0.05, 0) is 32.4 Å². The number of aromatic hydroxyl groups is 1. The lowest BCUT2D eigenvalue weighted by Gasteiger charge is -2.28. The van der Waals surface area contributed by atoms with E-state index < -0.39 is 0 Å². The Morgan fingerprint density at radius 1 is 0.792 bits per heavy atom. The Morgan fingerprint density at radius 2 is 1.33 bits per heavy atom. The van der Waals surface area contributed by atoms with Gasteiger partial charge < -0.3 is 5.11 Å². The highest BCUT2D eigenvalue weighted by Crippen LogP contribution is 2.41. The van der Waals surface area contributed by atoms with Crippen molar-refractivity contribution in [1.29, 1.82) is 0 Å². The van der Waals surface area contributed by atoms with Gasteiger partial charge in [-0.3, -0.25) is 0 Å². The van der Waals surface area contributed by atoms with Gasteiger partial charge in [-0.2, -0.15) is 0 Å². The molecule has 0 saturated heterocycles. The summed E-state index contributed by atoms with van der Waals surface area (Å²) < 4.78 is 0. The van der Waals surface area contributed by atoms with Crippen LogP contribution in [0, 0.1) is 0 Å². The van der Waals surface area contributed by atoms with Gasteiger partial charge in [0, 0.05) is 11.5 Å². The van der Waals surface area contributed by atoms with Crippen LogP contribution < -0.4 is 10.4 Å². The molecular formula is C23H28O. The first-order valence-electron chi connectivity index (χ1n) is 8.74. The monoisotopic (exact) mass is 320 g/mol. The normalized spacial score (nSPS) is 14.9. The maximum Gasteiger partial charge on any atom is 0.123 e. The summed E-state index contributed by atoms with van der Waals surface area (Å²) in [7, 11) is 0. The van der Waals surface area contributed by atoms with Crippen molar-refractivity contribution in [2.75, 3.05) is 0 Å². The standard InChI is InChI=1S/C23H28O/c1-22(2,3)18-13-19(21(24)20(14-18)23(4,5)6)17-11-15-9-7-8-10-16(15)12-17/h7-14,17,24H,1-6H3. The molecule has 0 aliphatic heterocycles. The first-order valence-corrected chi connectivity index (χ1v) is 8.74. The van der Waals surface area contributed by atoms with Gasteiger partial charge in [0.05, 0.1) is 0 Å². The smallest absolute Gasteiger partial charge is 0.123 e. The summed E-state index contributed by atoms with van der Waals surface area (Å²) in [5.41, 5.74) is 3.28. The molecule has 0 unspecified atom stereocenters. The van der Waals surface area contributed by atoms with E-state index in [1.165, 1.54) is 16.0 Å². The minimum Gasteiger partial charge on any atom is -0.507 e. The topological polar surface area (TPSA) is 20.2 Å². The van der Waals surface area contributed by atoms with E-state index in [0.717, 1.165) is 11.1 Å². The fourth-order valence-corrected chi connectivity index (χ4v) is 3.34.